The van der Waals surface area contributed by atoms with Crippen LogP contribution in [0.25, 0.3) is 11.0 Å². The molecule has 2 heterocycles. The van der Waals surface area contributed by atoms with E-state index in [-0.39, 0.29) is 18.2 Å². The van der Waals surface area contributed by atoms with Gasteiger partial charge >= 0.3 is 5.97 Å². The number of aryl methyl sites for hydroxylation is 1. The lowest BCUT2D eigenvalue weighted by atomic mass is 9.82. The number of hydrogen-bond acceptors (Lipinski definition) is 3. The summed E-state index contributed by atoms with van der Waals surface area (Å²) in [6.07, 6.45) is 1.23. The predicted octanol–water partition coefficient (Wildman–Crippen LogP) is 3.72. The van der Waals surface area contributed by atoms with Gasteiger partial charge in [0.05, 0.1) is 10.4 Å². The van der Waals surface area contributed by atoms with Crippen LogP contribution in [0.5, 0.6) is 0 Å². The van der Waals surface area contributed by atoms with Gasteiger partial charge in [-0.2, -0.15) is 0 Å². The number of carbonyl (C=O) groups excluding carboxylic acids is 1. The van der Waals surface area contributed by atoms with Crippen LogP contribution < -0.4 is 0 Å². The molecule has 1 aliphatic heterocycles. The van der Waals surface area contributed by atoms with Crippen molar-refractivity contribution in [1.29, 1.82) is 0 Å². The zero-order valence-corrected chi connectivity index (χ0v) is 13.8. The number of nitrogens with zero attached hydrogens (tertiary/aromatic N) is 1. The predicted molar refractivity (Wildman–Crippen MR) is 86.8 cm³/mol. The van der Waals surface area contributed by atoms with E-state index in [1.54, 1.807) is 17.9 Å². The minimum absolute atomic E-state index is 0.186. The van der Waals surface area contributed by atoms with E-state index in [2.05, 4.69) is 0 Å². The van der Waals surface area contributed by atoms with E-state index in [1.165, 1.54) is 0 Å². The van der Waals surface area contributed by atoms with Crippen molar-refractivity contribution < 1.29 is 19.1 Å². The summed E-state index contributed by atoms with van der Waals surface area (Å²) in [5.74, 6) is -0.913. The molecule has 1 amide bonds. The van der Waals surface area contributed by atoms with Crippen molar-refractivity contribution in [3.63, 3.8) is 0 Å². The second-order valence-corrected chi connectivity index (χ2v) is 6.78. The number of para-hydroxylation sites is 1. The van der Waals surface area contributed by atoms with E-state index in [0.717, 1.165) is 10.9 Å². The minimum atomic E-state index is -0.911. The molecule has 3 rings (SSSR count). The lowest BCUT2D eigenvalue weighted by Gasteiger charge is -2.37. The second-order valence-electron chi connectivity index (χ2n) is 6.37. The van der Waals surface area contributed by atoms with Crippen LogP contribution in [-0.4, -0.2) is 35.0 Å². The van der Waals surface area contributed by atoms with Crippen LogP contribution in [0, 0.1) is 12.3 Å². The summed E-state index contributed by atoms with van der Waals surface area (Å²) in [7, 11) is 0. The van der Waals surface area contributed by atoms with Crippen LogP contribution in [0.15, 0.2) is 22.6 Å². The van der Waals surface area contributed by atoms with Gasteiger partial charge in [0.2, 0.25) is 0 Å². The summed E-state index contributed by atoms with van der Waals surface area (Å²) in [5, 5.41) is 10.7. The molecule has 1 unspecified atom stereocenters. The maximum atomic E-state index is 12.8. The van der Waals surface area contributed by atoms with Gasteiger partial charge in [0.15, 0.2) is 11.3 Å². The highest BCUT2D eigenvalue weighted by atomic mass is 35.5. The first kappa shape index (κ1) is 15.9. The van der Waals surface area contributed by atoms with E-state index in [1.807, 2.05) is 19.1 Å². The molecule has 0 spiro atoms. The molecule has 6 heteroatoms. The number of fused-ring (bicyclic) bond motifs is 1. The highest BCUT2D eigenvalue weighted by Crippen LogP contribution is 2.34. The average molecular weight is 336 g/mol. The molecular formula is C17H18ClNO4. The van der Waals surface area contributed by atoms with Crippen molar-refractivity contribution in [2.75, 3.05) is 13.1 Å². The summed E-state index contributed by atoms with van der Waals surface area (Å²) in [6.45, 7) is 4.21. The molecule has 1 aliphatic rings. The summed E-state index contributed by atoms with van der Waals surface area (Å²) >= 11 is 6.12. The number of piperidine rings is 1. The van der Waals surface area contributed by atoms with Crippen LogP contribution in [0.3, 0.4) is 0 Å². The van der Waals surface area contributed by atoms with Gasteiger partial charge in [0.1, 0.15) is 0 Å². The number of carbonyl (C=O) groups is 2. The smallest absolute Gasteiger partial charge is 0.311 e. The number of hydrogen-bond donors (Lipinski definition) is 1. The van der Waals surface area contributed by atoms with E-state index in [0.29, 0.717) is 30.0 Å². The van der Waals surface area contributed by atoms with Crippen LogP contribution in [0.4, 0.5) is 0 Å². The van der Waals surface area contributed by atoms with Gasteiger partial charge in [0.25, 0.3) is 5.91 Å². The Balaban J connectivity index is 1.96. The third-order valence-corrected chi connectivity index (χ3v) is 4.91. The van der Waals surface area contributed by atoms with E-state index in [4.69, 9.17) is 16.0 Å². The number of halogens is 1. The lowest BCUT2D eigenvalue weighted by molar-refractivity contribution is -0.150. The number of aliphatic carboxylic acids is 1. The van der Waals surface area contributed by atoms with Gasteiger partial charge in [-0.05, 0) is 32.8 Å². The molecule has 5 nitrogen and oxygen atoms in total. The maximum absolute atomic E-state index is 12.8. The molecule has 1 saturated heterocycles. The van der Waals surface area contributed by atoms with E-state index < -0.39 is 11.4 Å². The van der Waals surface area contributed by atoms with Crippen LogP contribution in [0.1, 0.15) is 35.9 Å². The Bertz CT molecular complexity index is 797. The van der Waals surface area contributed by atoms with Gasteiger partial charge in [-0.25, -0.2) is 0 Å². The van der Waals surface area contributed by atoms with Gasteiger partial charge < -0.3 is 14.4 Å². The monoisotopic (exact) mass is 335 g/mol. The molecule has 1 aromatic heterocycles. The summed E-state index contributed by atoms with van der Waals surface area (Å²) in [4.78, 5) is 25.8. The first-order chi connectivity index (χ1) is 10.8. The summed E-state index contributed by atoms with van der Waals surface area (Å²) in [5.41, 5.74) is 0.314. The molecule has 0 saturated carbocycles. The van der Waals surface area contributed by atoms with E-state index >= 15 is 0 Å². The Kier molecular flexibility index (Phi) is 3.84. The quantitative estimate of drug-likeness (QED) is 0.908. The molecule has 2 aromatic rings. The first-order valence-electron chi connectivity index (χ1n) is 7.54. The molecule has 1 fully saturated rings. The number of rotatable bonds is 2. The Morgan fingerprint density at radius 2 is 2.13 bits per heavy atom. The average Bonchev–Trinajstić information content (AvgIpc) is 2.85. The first-order valence-corrected chi connectivity index (χ1v) is 7.91. The Morgan fingerprint density at radius 1 is 1.39 bits per heavy atom. The topological polar surface area (TPSA) is 70.8 Å². The number of carboxylic acid groups (broad SMARTS) is 1. The number of likely N-dealkylation sites (tertiary alicyclic amines) is 1. The van der Waals surface area contributed by atoms with Crippen molar-refractivity contribution >= 4 is 34.4 Å². The fourth-order valence-electron chi connectivity index (χ4n) is 3.14. The van der Waals surface area contributed by atoms with Crippen molar-refractivity contribution in [2.45, 2.75) is 26.7 Å². The number of benzene rings is 1. The van der Waals surface area contributed by atoms with Crippen LogP contribution in [-0.2, 0) is 4.79 Å². The molecule has 0 bridgehead atoms. The lowest BCUT2D eigenvalue weighted by Crippen LogP contribution is -2.48. The van der Waals surface area contributed by atoms with Crippen molar-refractivity contribution in [2.24, 2.45) is 5.41 Å². The molecular weight excluding hydrogens is 318 g/mol. The fraction of sp³-hybridized carbons (Fsp3) is 0.412. The molecule has 1 aromatic carbocycles. The normalized spacial score (nSPS) is 21.6. The zero-order valence-electron chi connectivity index (χ0n) is 13.1. The Hall–Kier alpha value is -2.01. The molecule has 122 valence electrons. The Morgan fingerprint density at radius 3 is 2.78 bits per heavy atom. The van der Waals surface area contributed by atoms with Gasteiger partial charge in [-0.15, -0.1) is 0 Å². The standard InChI is InChI=1S/C17H18ClNO4/c1-10-11-5-3-6-12(18)14(11)23-13(10)15(20)19-8-4-7-17(2,9-19)16(21)22/h3,5-6H,4,7-9H2,1-2H3,(H,21,22). The van der Waals surface area contributed by atoms with Crippen LogP contribution in [0.2, 0.25) is 5.02 Å². The maximum Gasteiger partial charge on any atom is 0.311 e. The van der Waals surface area contributed by atoms with Gasteiger partial charge in [-0.1, -0.05) is 23.7 Å². The third kappa shape index (κ3) is 2.59. The van der Waals surface area contributed by atoms with E-state index in [9.17, 15) is 14.7 Å². The molecule has 1 atom stereocenters. The van der Waals surface area contributed by atoms with Crippen molar-refractivity contribution in [1.82, 2.24) is 4.90 Å². The van der Waals surface area contributed by atoms with Crippen molar-refractivity contribution in [3.05, 3.63) is 34.5 Å². The summed E-state index contributed by atoms with van der Waals surface area (Å²) < 4.78 is 5.70. The number of carboxylic acids is 1. The SMILES string of the molecule is Cc1c(C(=O)N2CCCC(C)(C(=O)O)C2)oc2c(Cl)cccc12. The molecule has 1 N–H and O–H groups in total. The number of furan rings is 1. The third-order valence-electron chi connectivity index (χ3n) is 4.61. The zero-order chi connectivity index (χ0) is 16.8. The second kappa shape index (κ2) is 5.57. The minimum Gasteiger partial charge on any atom is -0.481 e. The fourth-order valence-corrected chi connectivity index (χ4v) is 3.36. The van der Waals surface area contributed by atoms with Crippen molar-refractivity contribution in [3.8, 4) is 0 Å². The molecule has 0 radical (unpaired) electrons. The Labute approximate surface area is 138 Å². The number of amides is 1. The molecule has 0 aliphatic carbocycles. The van der Waals surface area contributed by atoms with Crippen LogP contribution >= 0.6 is 11.6 Å². The highest BCUT2D eigenvalue weighted by molar-refractivity contribution is 6.35. The molecule has 23 heavy (non-hydrogen) atoms. The largest absolute Gasteiger partial charge is 0.481 e. The van der Waals surface area contributed by atoms with Gasteiger partial charge in [0, 0.05) is 24.0 Å². The van der Waals surface area contributed by atoms with Gasteiger partial charge in [-0.3, -0.25) is 9.59 Å². The summed E-state index contributed by atoms with van der Waals surface area (Å²) in [6, 6.07) is 5.38. The highest BCUT2D eigenvalue weighted by Gasteiger charge is 2.40.